The first kappa shape index (κ1) is 50.5. The number of carbonyl (C=O) groups is 2. The number of hydrogen-bond acceptors (Lipinski definition) is 8. The van der Waals surface area contributed by atoms with Gasteiger partial charge in [-0.15, -0.1) is 0 Å². The number of rotatable bonds is 38. The highest BCUT2D eigenvalue weighted by Crippen LogP contribution is 2.38. The molecule has 2 atom stereocenters. The Kier molecular flexibility index (Phi) is 34.2. The van der Waals surface area contributed by atoms with Gasteiger partial charge in [-0.3, -0.25) is 14.2 Å². The summed E-state index contributed by atoms with van der Waals surface area (Å²) in [6.45, 7) is 4.17. The van der Waals surface area contributed by atoms with Gasteiger partial charge in [-0.1, -0.05) is 134 Å². The van der Waals surface area contributed by atoms with Gasteiger partial charge in [0.2, 0.25) is 0 Å². The third kappa shape index (κ3) is 38.2. The number of phosphoric acid groups is 1. The molecule has 0 aliphatic rings. The van der Waals surface area contributed by atoms with Gasteiger partial charge in [-0.25, -0.2) is 0 Å². The Balaban J connectivity index is 4.38. The van der Waals surface area contributed by atoms with Gasteiger partial charge in [0.1, 0.15) is 19.8 Å². The van der Waals surface area contributed by atoms with Crippen LogP contribution in [0, 0.1) is 0 Å². The van der Waals surface area contributed by atoms with Crippen LogP contribution in [-0.2, 0) is 32.7 Å². The summed E-state index contributed by atoms with van der Waals surface area (Å²) >= 11 is 0. The first-order valence-electron chi connectivity index (χ1n) is 21.0. The second-order valence-corrected chi connectivity index (χ2v) is 16.8. The molecule has 0 fully saturated rings. The van der Waals surface area contributed by atoms with Crippen molar-refractivity contribution in [3.05, 3.63) is 24.3 Å². The Morgan fingerprint density at radius 3 is 1.48 bits per heavy atom. The number of hydrogen-bond donors (Lipinski definition) is 0. The van der Waals surface area contributed by atoms with Crippen LogP contribution in [0.1, 0.15) is 181 Å². The minimum atomic E-state index is -4.62. The summed E-state index contributed by atoms with van der Waals surface area (Å²) in [6.07, 6.45) is 36.2. The number of likely N-dealkylation sites (N-methyl/N-ethyl adjacent to an activating group) is 1. The van der Waals surface area contributed by atoms with E-state index in [1.807, 2.05) is 21.1 Å². The van der Waals surface area contributed by atoms with Crippen LogP contribution in [0.2, 0.25) is 0 Å². The maximum absolute atomic E-state index is 12.6. The van der Waals surface area contributed by atoms with E-state index in [2.05, 4.69) is 38.2 Å². The molecule has 0 radical (unpaired) electrons. The highest BCUT2D eigenvalue weighted by Gasteiger charge is 2.21. The van der Waals surface area contributed by atoms with Gasteiger partial charge in [0.15, 0.2) is 6.10 Å². The number of quaternary nitrogens is 1. The third-order valence-electron chi connectivity index (χ3n) is 8.94. The average molecular weight is 758 g/mol. The molecule has 0 saturated carbocycles. The highest BCUT2D eigenvalue weighted by molar-refractivity contribution is 7.45. The van der Waals surface area contributed by atoms with E-state index in [0.29, 0.717) is 17.4 Å². The van der Waals surface area contributed by atoms with Crippen LogP contribution in [0.15, 0.2) is 24.3 Å². The largest absolute Gasteiger partial charge is 0.756 e. The molecular weight excluding hydrogens is 677 g/mol. The Labute approximate surface area is 319 Å². The number of allylic oxidation sites excluding steroid dienone is 4. The second-order valence-electron chi connectivity index (χ2n) is 15.3. The van der Waals surface area contributed by atoms with Gasteiger partial charge in [-0.05, 0) is 57.8 Å². The molecule has 0 saturated heterocycles. The molecule has 0 bridgehead atoms. The monoisotopic (exact) mass is 758 g/mol. The topological polar surface area (TPSA) is 111 Å². The molecule has 1 unspecified atom stereocenters. The van der Waals surface area contributed by atoms with Crippen LogP contribution < -0.4 is 4.89 Å². The quantitative estimate of drug-likeness (QED) is 0.0201. The molecule has 10 heteroatoms. The van der Waals surface area contributed by atoms with Crippen LogP contribution in [-0.4, -0.2) is 70.0 Å². The van der Waals surface area contributed by atoms with Crippen molar-refractivity contribution in [1.82, 2.24) is 0 Å². The van der Waals surface area contributed by atoms with Crippen molar-refractivity contribution in [2.45, 2.75) is 187 Å². The van der Waals surface area contributed by atoms with Gasteiger partial charge in [0.25, 0.3) is 7.82 Å². The minimum absolute atomic E-state index is 0.0316. The van der Waals surface area contributed by atoms with Crippen LogP contribution >= 0.6 is 7.82 Å². The molecule has 0 aliphatic heterocycles. The first-order valence-corrected chi connectivity index (χ1v) is 22.5. The van der Waals surface area contributed by atoms with Crippen molar-refractivity contribution in [3.63, 3.8) is 0 Å². The Bertz CT molecular complexity index is 949. The lowest BCUT2D eigenvalue weighted by atomic mass is 10.1. The fourth-order valence-corrected chi connectivity index (χ4v) is 6.30. The lowest BCUT2D eigenvalue weighted by Gasteiger charge is -2.28. The molecular formula is C42H80NO8P. The summed E-state index contributed by atoms with van der Waals surface area (Å²) < 4.78 is 33.8. The van der Waals surface area contributed by atoms with Gasteiger partial charge in [0.05, 0.1) is 27.7 Å². The van der Waals surface area contributed by atoms with Crippen molar-refractivity contribution in [2.24, 2.45) is 0 Å². The van der Waals surface area contributed by atoms with Gasteiger partial charge in [0, 0.05) is 12.8 Å². The number of nitrogens with zero attached hydrogens (tertiary/aromatic N) is 1. The first-order chi connectivity index (χ1) is 25.0. The minimum Gasteiger partial charge on any atom is -0.756 e. The number of phosphoric ester groups is 1. The maximum Gasteiger partial charge on any atom is 0.306 e. The number of esters is 2. The summed E-state index contributed by atoms with van der Waals surface area (Å²) in [5.41, 5.74) is 0. The number of carbonyl (C=O) groups excluding carboxylic acids is 2. The van der Waals surface area contributed by atoms with Crippen molar-refractivity contribution >= 4 is 19.8 Å². The van der Waals surface area contributed by atoms with Crippen LogP contribution in [0.5, 0.6) is 0 Å². The fourth-order valence-electron chi connectivity index (χ4n) is 5.57. The summed E-state index contributed by atoms with van der Waals surface area (Å²) in [6, 6.07) is 0. The van der Waals surface area contributed by atoms with Crippen molar-refractivity contribution in [2.75, 3.05) is 47.5 Å². The molecule has 52 heavy (non-hydrogen) atoms. The van der Waals surface area contributed by atoms with E-state index in [0.717, 1.165) is 51.4 Å². The molecule has 0 spiro atoms. The molecule has 0 heterocycles. The number of unbranched alkanes of at least 4 members (excludes halogenated alkanes) is 20. The molecule has 0 amide bonds. The zero-order valence-electron chi connectivity index (χ0n) is 34.3. The van der Waals surface area contributed by atoms with E-state index < -0.39 is 26.5 Å². The van der Waals surface area contributed by atoms with Crippen molar-refractivity contribution in [3.8, 4) is 0 Å². The summed E-state index contributed by atoms with van der Waals surface area (Å²) in [5.74, 6) is -0.845. The van der Waals surface area contributed by atoms with Crippen LogP contribution in [0.25, 0.3) is 0 Å². The predicted molar refractivity (Wildman–Crippen MR) is 213 cm³/mol. The molecule has 0 N–H and O–H groups in total. The summed E-state index contributed by atoms with van der Waals surface area (Å²) in [5, 5.41) is 0. The van der Waals surface area contributed by atoms with Crippen molar-refractivity contribution < 1.29 is 42.1 Å². The van der Waals surface area contributed by atoms with E-state index in [1.54, 1.807) is 0 Å². The summed E-state index contributed by atoms with van der Waals surface area (Å²) in [4.78, 5) is 37.4. The van der Waals surface area contributed by atoms with Gasteiger partial charge < -0.3 is 27.9 Å². The molecule has 0 rings (SSSR count). The predicted octanol–water partition coefficient (Wildman–Crippen LogP) is 10.9. The Hall–Kier alpha value is -1.51. The van der Waals surface area contributed by atoms with E-state index in [1.165, 1.54) is 96.3 Å². The molecule has 0 aromatic carbocycles. The molecule has 306 valence electrons. The van der Waals surface area contributed by atoms with Gasteiger partial charge >= 0.3 is 11.9 Å². The average Bonchev–Trinajstić information content (AvgIpc) is 3.09. The zero-order valence-corrected chi connectivity index (χ0v) is 35.2. The Morgan fingerprint density at radius 2 is 1.00 bits per heavy atom. The maximum atomic E-state index is 12.6. The van der Waals surface area contributed by atoms with Crippen LogP contribution in [0.3, 0.4) is 0 Å². The van der Waals surface area contributed by atoms with E-state index in [4.69, 9.17) is 18.5 Å². The zero-order chi connectivity index (χ0) is 38.6. The summed E-state index contributed by atoms with van der Waals surface area (Å²) in [7, 11) is 1.16. The van der Waals surface area contributed by atoms with E-state index in [9.17, 15) is 19.0 Å². The normalized spacial score (nSPS) is 13.9. The van der Waals surface area contributed by atoms with E-state index in [-0.39, 0.29) is 32.0 Å². The van der Waals surface area contributed by atoms with E-state index >= 15 is 0 Å². The Morgan fingerprint density at radius 1 is 0.577 bits per heavy atom. The fraction of sp³-hybridized carbons (Fsp3) is 0.857. The number of ether oxygens (including phenoxy) is 2. The van der Waals surface area contributed by atoms with Crippen molar-refractivity contribution in [1.29, 1.82) is 0 Å². The lowest BCUT2D eigenvalue weighted by Crippen LogP contribution is -2.37. The molecule has 0 aromatic rings. The second kappa shape index (κ2) is 35.2. The van der Waals surface area contributed by atoms with Gasteiger partial charge in [-0.2, -0.15) is 0 Å². The van der Waals surface area contributed by atoms with Crippen LogP contribution in [0.4, 0.5) is 0 Å². The highest BCUT2D eigenvalue weighted by atomic mass is 31.2. The molecule has 9 nitrogen and oxygen atoms in total. The lowest BCUT2D eigenvalue weighted by molar-refractivity contribution is -0.870. The smallest absolute Gasteiger partial charge is 0.306 e. The SMILES string of the molecule is CCCC/C=C/CCCCCCCCCCCC(=O)OC[C@H](COP(=O)([O-])OCC[N+](C)(C)C)OC(=O)CCCCCCC/C=C/CCCCCC. The molecule has 0 aliphatic carbocycles. The molecule has 0 aromatic heterocycles. The standard InChI is InChI=1S/C42H80NO8P/c1-6-8-10-12-14-16-18-20-21-23-24-26-28-30-32-34-41(44)48-38-40(39-50-52(46,47)49-37-36-43(3,4)5)51-42(45)35-33-31-29-27-25-22-19-17-15-13-11-9-7-2/h12,14,17,19,40H,6-11,13,15-16,18,20-39H2,1-5H3/b14-12+,19-17+/t40-/m1/s1. The third-order valence-corrected chi connectivity index (χ3v) is 9.91.